The SMILES string of the molecule is CCCCC(CC)C(=O)[O][Sn]([O]C(=O)C(CC)CCCC)([c]1ccc(OC)cc1)[c]1ccc(OC)cc1. The molecule has 2 rings (SSSR count). The van der Waals surface area contributed by atoms with E-state index in [2.05, 4.69) is 13.8 Å². The second-order valence-electron chi connectivity index (χ2n) is 9.41. The van der Waals surface area contributed by atoms with Crippen molar-refractivity contribution in [3.8, 4) is 11.5 Å². The van der Waals surface area contributed by atoms with E-state index in [0.717, 1.165) is 45.7 Å². The topological polar surface area (TPSA) is 71.1 Å². The summed E-state index contributed by atoms with van der Waals surface area (Å²) in [5.74, 6) is 0.308. The first-order chi connectivity index (χ1) is 17.9. The Balaban J connectivity index is 2.67. The van der Waals surface area contributed by atoms with E-state index < -0.39 is 19.2 Å². The van der Waals surface area contributed by atoms with Crippen molar-refractivity contribution in [2.24, 2.45) is 11.8 Å². The van der Waals surface area contributed by atoms with Crippen molar-refractivity contribution in [2.75, 3.05) is 14.2 Å². The molecule has 2 aromatic carbocycles. The first kappa shape index (κ1) is 31.0. The Labute approximate surface area is 228 Å². The van der Waals surface area contributed by atoms with Crippen LogP contribution in [-0.4, -0.2) is 45.4 Å². The third-order valence-corrected chi connectivity index (χ3v) is 15.9. The van der Waals surface area contributed by atoms with Gasteiger partial charge in [0.05, 0.1) is 0 Å². The summed E-state index contributed by atoms with van der Waals surface area (Å²) in [5.41, 5.74) is 0. The molecule has 2 unspecified atom stereocenters. The molecule has 0 N–H and O–H groups in total. The molecule has 2 aromatic rings. The Morgan fingerprint density at radius 3 is 1.27 bits per heavy atom. The van der Waals surface area contributed by atoms with Crippen molar-refractivity contribution in [3.05, 3.63) is 48.5 Å². The number of hydrogen-bond acceptors (Lipinski definition) is 6. The van der Waals surface area contributed by atoms with Gasteiger partial charge in [0.15, 0.2) is 0 Å². The minimum absolute atomic E-state index is 0.242. The first-order valence-electron chi connectivity index (χ1n) is 13.6. The van der Waals surface area contributed by atoms with Crippen molar-refractivity contribution < 1.29 is 25.2 Å². The zero-order valence-electron chi connectivity index (χ0n) is 23.4. The van der Waals surface area contributed by atoms with Crippen molar-refractivity contribution in [2.45, 2.75) is 79.1 Å². The van der Waals surface area contributed by atoms with Gasteiger partial charge in [-0.1, -0.05) is 0 Å². The Morgan fingerprint density at radius 2 is 1.00 bits per heavy atom. The minimum atomic E-state index is -4.84. The predicted octanol–water partition coefficient (Wildman–Crippen LogP) is 5.78. The van der Waals surface area contributed by atoms with Gasteiger partial charge >= 0.3 is 229 Å². The number of ether oxygens (including phenoxy) is 2. The van der Waals surface area contributed by atoms with Crippen LogP contribution >= 0.6 is 0 Å². The molecule has 0 aromatic heterocycles. The van der Waals surface area contributed by atoms with E-state index in [4.69, 9.17) is 15.6 Å². The molecule has 0 radical (unpaired) electrons. The van der Waals surface area contributed by atoms with Crippen molar-refractivity contribution in [3.63, 3.8) is 0 Å². The molecule has 0 saturated heterocycles. The van der Waals surface area contributed by atoms with Crippen molar-refractivity contribution >= 4 is 38.3 Å². The fraction of sp³-hybridized carbons (Fsp3) is 0.533. The van der Waals surface area contributed by atoms with Crippen molar-refractivity contribution in [1.82, 2.24) is 0 Å². The van der Waals surface area contributed by atoms with E-state index >= 15 is 0 Å². The third-order valence-electron chi connectivity index (χ3n) is 6.89. The summed E-state index contributed by atoms with van der Waals surface area (Å²) in [6.07, 6.45) is 6.73. The van der Waals surface area contributed by atoms with Crippen LogP contribution in [0.15, 0.2) is 48.5 Å². The average Bonchev–Trinajstić information content (AvgIpc) is 2.93. The number of rotatable bonds is 16. The van der Waals surface area contributed by atoms with Gasteiger partial charge in [-0.15, -0.1) is 0 Å². The van der Waals surface area contributed by atoms with E-state index in [1.807, 2.05) is 62.4 Å². The molecule has 0 heterocycles. The summed E-state index contributed by atoms with van der Waals surface area (Å²) in [5, 5.41) is 0. The Bertz CT molecular complexity index is 878. The van der Waals surface area contributed by atoms with Crippen LogP contribution in [0.2, 0.25) is 0 Å². The fourth-order valence-electron chi connectivity index (χ4n) is 4.37. The number of benzene rings is 2. The van der Waals surface area contributed by atoms with Crippen LogP contribution in [0.3, 0.4) is 0 Å². The van der Waals surface area contributed by atoms with Gasteiger partial charge in [0.25, 0.3) is 0 Å². The Kier molecular flexibility index (Phi) is 13.3. The molecule has 0 bridgehead atoms. The van der Waals surface area contributed by atoms with Crippen LogP contribution in [0.1, 0.15) is 79.1 Å². The van der Waals surface area contributed by atoms with Gasteiger partial charge in [-0.2, -0.15) is 0 Å². The van der Waals surface area contributed by atoms with E-state index in [1.165, 1.54) is 0 Å². The van der Waals surface area contributed by atoms with E-state index in [1.54, 1.807) is 14.2 Å². The summed E-state index contributed by atoms with van der Waals surface area (Å²) in [7, 11) is 3.21. The fourth-order valence-corrected chi connectivity index (χ4v) is 12.8. The van der Waals surface area contributed by atoms with Crippen LogP contribution in [0.5, 0.6) is 11.5 Å². The van der Waals surface area contributed by atoms with Gasteiger partial charge in [-0.3, -0.25) is 0 Å². The molecule has 37 heavy (non-hydrogen) atoms. The normalized spacial score (nSPS) is 12.9. The Hall–Kier alpha value is -2.22. The standard InChI is InChI=1S/2C8H16O2.2C7H7O.Sn/c2*1-3-5-6-7(4-2)8(9)10;2*1-8-7-5-3-2-4-6-7;/h2*7H,3-6H2,1-2H3,(H,9,10);2*3-6H,1H3;/q;;;;+2/p-2. The van der Waals surface area contributed by atoms with Crippen LogP contribution in [0, 0.1) is 11.8 Å². The first-order valence-corrected chi connectivity index (χ1v) is 18.8. The molecule has 6 nitrogen and oxygen atoms in total. The van der Waals surface area contributed by atoms with Crippen LogP contribution < -0.4 is 16.6 Å². The summed E-state index contributed by atoms with van der Waals surface area (Å²) in [4.78, 5) is 27.3. The summed E-state index contributed by atoms with van der Waals surface area (Å²) in [6, 6.07) is 14.8. The number of hydrogen-bond donors (Lipinski definition) is 0. The van der Waals surface area contributed by atoms with Crippen molar-refractivity contribution in [1.29, 1.82) is 0 Å². The third kappa shape index (κ3) is 8.39. The Morgan fingerprint density at radius 1 is 0.649 bits per heavy atom. The van der Waals surface area contributed by atoms with Gasteiger partial charge in [0, 0.05) is 0 Å². The zero-order valence-corrected chi connectivity index (χ0v) is 26.2. The van der Waals surface area contributed by atoms with E-state index in [0.29, 0.717) is 24.3 Å². The van der Waals surface area contributed by atoms with E-state index in [9.17, 15) is 9.59 Å². The zero-order chi connectivity index (χ0) is 27.3. The van der Waals surface area contributed by atoms with Crippen LogP contribution in [0.25, 0.3) is 0 Å². The number of methoxy groups -OCH3 is 2. The second-order valence-corrected chi connectivity index (χ2v) is 17.4. The molecule has 2 atom stereocenters. The van der Waals surface area contributed by atoms with Crippen LogP contribution in [-0.2, 0) is 15.7 Å². The van der Waals surface area contributed by atoms with Gasteiger partial charge in [-0.05, 0) is 0 Å². The average molecular weight is 619 g/mol. The molecule has 0 spiro atoms. The maximum atomic E-state index is 13.7. The summed E-state index contributed by atoms with van der Waals surface area (Å²) >= 11 is -4.84. The number of carbonyl (C=O) groups excluding carboxylic acids is 2. The molecule has 204 valence electrons. The molecule has 0 aliphatic rings. The van der Waals surface area contributed by atoms with E-state index in [-0.39, 0.29) is 23.8 Å². The number of carbonyl (C=O) groups is 2. The van der Waals surface area contributed by atoms with Crippen LogP contribution in [0.4, 0.5) is 0 Å². The predicted molar refractivity (Wildman–Crippen MR) is 150 cm³/mol. The molecule has 0 amide bonds. The summed E-state index contributed by atoms with van der Waals surface area (Å²) in [6.45, 7) is 8.23. The second kappa shape index (κ2) is 15.9. The summed E-state index contributed by atoms with van der Waals surface area (Å²) < 4.78 is 25.3. The molecular formula is C30H44O6Sn. The molecule has 0 saturated carbocycles. The van der Waals surface area contributed by atoms with Gasteiger partial charge < -0.3 is 0 Å². The molecule has 0 aliphatic heterocycles. The quantitative estimate of drug-likeness (QED) is 0.222. The monoisotopic (exact) mass is 620 g/mol. The van der Waals surface area contributed by atoms with Gasteiger partial charge in [0.2, 0.25) is 0 Å². The maximum absolute atomic E-state index is 13.7. The molecule has 0 fully saturated rings. The molecular weight excluding hydrogens is 575 g/mol. The van der Waals surface area contributed by atoms with Gasteiger partial charge in [0.1, 0.15) is 0 Å². The molecule has 0 aliphatic carbocycles. The molecule has 7 heteroatoms. The number of unbranched alkanes of at least 4 members (excludes halogenated alkanes) is 2. The van der Waals surface area contributed by atoms with Gasteiger partial charge in [-0.25, -0.2) is 0 Å².